The summed E-state index contributed by atoms with van der Waals surface area (Å²) in [7, 11) is 0. The summed E-state index contributed by atoms with van der Waals surface area (Å²) >= 11 is 0. The predicted molar refractivity (Wildman–Crippen MR) is 95.0 cm³/mol. The third kappa shape index (κ3) is 4.66. The fourth-order valence-electron chi connectivity index (χ4n) is 3.78. The van der Waals surface area contributed by atoms with Gasteiger partial charge in [-0.1, -0.05) is 19.8 Å². The minimum Gasteiger partial charge on any atom is -0.353 e. The summed E-state index contributed by atoms with van der Waals surface area (Å²) in [5.74, 6) is 1.86. The van der Waals surface area contributed by atoms with E-state index in [-0.39, 0.29) is 5.91 Å². The maximum Gasteiger partial charge on any atom is 0.234 e. The highest BCUT2D eigenvalue weighted by Crippen LogP contribution is 2.23. The van der Waals surface area contributed by atoms with E-state index in [9.17, 15) is 4.79 Å². The topological polar surface area (TPSA) is 61.4 Å². The molecule has 6 nitrogen and oxygen atoms in total. The highest BCUT2D eigenvalue weighted by atomic mass is 16.2. The highest BCUT2D eigenvalue weighted by Gasteiger charge is 2.23. The van der Waals surface area contributed by atoms with Crippen molar-refractivity contribution in [1.29, 1.82) is 0 Å². The molecule has 1 saturated heterocycles. The van der Waals surface area contributed by atoms with Crippen LogP contribution >= 0.6 is 0 Å². The summed E-state index contributed by atoms with van der Waals surface area (Å²) in [5, 5.41) is 3.23. The Morgan fingerprint density at radius 2 is 2.04 bits per heavy atom. The van der Waals surface area contributed by atoms with E-state index in [0.717, 1.165) is 56.5 Å². The van der Waals surface area contributed by atoms with E-state index in [1.54, 1.807) is 6.20 Å². The van der Waals surface area contributed by atoms with Crippen molar-refractivity contribution in [1.82, 2.24) is 20.2 Å². The average Bonchev–Trinajstić information content (AvgIpc) is 2.55. The molecule has 6 heteroatoms. The van der Waals surface area contributed by atoms with Crippen LogP contribution in [0.25, 0.3) is 0 Å². The lowest BCUT2D eigenvalue weighted by Crippen LogP contribution is -2.51. The molecule has 2 aliphatic rings. The Morgan fingerprint density at radius 3 is 2.75 bits per heavy atom. The van der Waals surface area contributed by atoms with Gasteiger partial charge >= 0.3 is 0 Å². The molecule has 3 rings (SSSR count). The first-order valence-electron chi connectivity index (χ1n) is 9.15. The van der Waals surface area contributed by atoms with E-state index in [2.05, 4.69) is 32.0 Å². The molecule has 1 aliphatic carbocycles. The van der Waals surface area contributed by atoms with Crippen LogP contribution in [0.5, 0.6) is 0 Å². The summed E-state index contributed by atoms with van der Waals surface area (Å²) in [6, 6.07) is 0.380. The third-order valence-corrected chi connectivity index (χ3v) is 5.11. The van der Waals surface area contributed by atoms with Gasteiger partial charge in [0.05, 0.1) is 18.4 Å². The van der Waals surface area contributed by atoms with E-state index < -0.39 is 0 Å². The molecule has 2 heterocycles. The van der Waals surface area contributed by atoms with Crippen molar-refractivity contribution >= 4 is 11.7 Å². The van der Waals surface area contributed by atoms with Gasteiger partial charge in [0.25, 0.3) is 0 Å². The van der Waals surface area contributed by atoms with Crippen molar-refractivity contribution in [3.8, 4) is 0 Å². The van der Waals surface area contributed by atoms with E-state index in [0.29, 0.717) is 12.6 Å². The molecule has 1 aromatic heterocycles. The van der Waals surface area contributed by atoms with Crippen LogP contribution < -0.4 is 10.2 Å². The van der Waals surface area contributed by atoms with Crippen molar-refractivity contribution in [3.05, 3.63) is 18.1 Å². The SMILES string of the molecule is Cc1cncc(N2CCN(CC(=O)NC3CCCC(C)C3)CC2)n1. The van der Waals surface area contributed by atoms with E-state index >= 15 is 0 Å². The van der Waals surface area contributed by atoms with Gasteiger partial charge in [-0.05, 0) is 25.7 Å². The zero-order valence-corrected chi connectivity index (χ0v) is 14.9. The van der Waals surface area contributed by atoms with Crippen molar-refractivity contribution in [2.45, 2.75) is 45.6 Å². The standard InChI is InChI=1S/C18H29N5O/c1-14-4-3-5-16(10-14)21-18(24)13-22-6-8-23(9-7-22)17-12-19-11-15(2)20-17/h11-12,14,16H,3-10,13H2,1-2H3,(H,21,24). The van der Waals surface area contributed by atoms with Gasteiger partial charge in [-0.3, -0.25) is 14.7 Å². The van der Waals surface area contributed by atoms with Gasteiger partial charge < -0.3 is 10.2 Å². The van der Waals surface area contributed by atoms with Crippen LogP contribution in [-0.4, -0.2) is 59.5 Å². The number of piperazine rings is 1. The summed E-state index contributed by atoms with van der Waals surface area (Å²) in [6.07, 6.45) is 8.40. The predicted octanol–water partition coefficient (Wildman–Crippen LogP) is 1.60. The van der Waals surface area contributed by atoms with Crippen LogP contribution in [0, 0.1) is 12.8 Å². The first-order valence-corrected chi connectivity index (χ1v) is 9.15. The van der Waals surface area contributed by atoms with Crippen LogP contribution in [0.4, 0.5) is 5.82 Å². The number of rotatable bonds is 4. The summed E-state index contributed by atoms with van der Waals surface area (Å²) in [4.78, 5) is 25.5. The Morgan fingerprint density at radius 1 is 1.25 bits per heavy atom. The maximum absolute atomic E-state index is 12.3. The number of hydrogen-bond donors (Lipinski definition) is 1. The Bertz CT molecular complexity index is 556. The van der Waals surface area contributed by atoms with Crippen molar-refractivity contribution in [2.75, 3.05) is 37.6 Å². The van der Waals surface area contributed by atoms with Gasteiger partial charge in [-0.25, -0.2) is 4.98 Å². The number of nitrogens with one attached hydrogen (secondary N) is 1. The molecular weight excluding hydrogens is 302 g/mol. The fraction of sp³-hybridized carbons (Fsp3) is 0.722. The number of aryl methyl sites for hydroxylation is 1. The van der Waals surface area contributed by atoms with E-state index in [4.69, 9.17) is 0 Å². The first-order chi connectivity index (χ1) is 11.6. The summed E-state index contributed by atoms with van der Waals surface area (Å²) in [5.41, 5.74) is 0.941. The van der Waals surface area contributed by atoms with Gasteiger partial charge in [0.2, 0.25) is 5.91 Å². The molecule has 24 heavy (non-hydrogen) atoms. The molecule has 0 bridgehead atoms. The monoisotopic (exact) mass is 331 g/mol. The zero-order valence-electron chi connectivity index (χ0n) is 14.9. The number of aromatic nitrogens is 2. The van der Waals surface area contributed by atoms with Gasteiger partial charge in [0.15, 0.2) is 0 Å². The molecule has 0 spiro atoms. The molecule has 1 aromatic rings. The zero-order chi connectivity index (χ0) is 16.9. The Kier molecular flexibility index (Phi) is 5.66. The Hall–Kier alpha value is -1.69. The van der Waals surface area contributed by atoms with Crippen molar-refractivity contribution in [2.24, 2.45) is 5.92 Å². The van der Waals surface area contributed by atoms with Crippen LogP contribution in [0.15, 0.2) is 12.4 Å². The van der Waals surface area contributed by atoms with E-state index in [1.165, 1.54) is 12.8 Å². The number of nitrogens with zero attached hydrogens (tertiary/aromatic N) is 4. The maximum atomic E-state index is 12.3. The Labute approximate surface area is 144 Å². The van der Waals surface area contributed by atoms with Gasteiger partial charge in [0, 0.05) is 38.4 Å². The smallest absolute Gasteiger partial charge is 0.234 e. The number of carbonyl (C=O) groups is 1. The lowest BCUT2D eigenvalue weighted by atomic mass is 9.87. The second-order valence-electron chi connectivity index (χ2n) is 7.32. The summed E-state index contributed by atoms with van der Waals surface area (Å²) in [6.45, 7) is 8.33. The average molecular weight is 331 g/mol. The van der Waals surface area contributed by atoms with Crippen LogP contribution in [0.2, 0.25) is 0 Å². The Balaban J connectivity index is 1.42. The molecule has 0 aromatic carbocycles. The van der Waals surface area contributed by atoms with Crippen molar-refractivity contribution < 1.29 is 4.79 Å². The van der Waals surface area contributed by atoms with Gasteiger partial charge in [-0.2, -0.15) is 0 Å². The van der Waals surface area contributed by atoms with Gasteiger partial charge in [0.1, 0.15) is 5.82 Å². The molecule has 1 aliphatic heterocycles. The molecule has 1 amide bonds. The van der Waals surface area contributed by atoms with Crippen LogP contribution in [0.3, 0.4) is 0 Å². The van der Waals surface area contributed by atoms with Crippen LogP contribution in [-0.2, 0) is 4.79 Å². The lowest BCUT2D eigenvalue weighted by molar-refractivity contribution is -0.123. The molecule has 2 unspecified atom stereocenters. The number of anilines is 1. The molecular formula is C18H29N5O. The second-order valence-corrected chi connectivity index (χ2v) is 7.32. The van der Waals surface area contributed by atoms with Gasteiger partial charge in [-0.15, -0.1) is 0 Å². The van der Waals surface area contributed by atoms with Crippen molar-refractivity contribution in [3.63, 3.8) is 0 Å². The molecule has 2 atom stereocenters. The van der Waals surface area contributed by atoms with E-state index in [1.807, 2.05) is 13.1 Å². The first kappa shape index (κ1) is 17.1. The molecule has 0 radical (unpaired) electrons. The normalized spacial score (nSPS) is 25.5. The fourth-order valence-corrected chi connectivity index (χ4v) is 3.78. The molecule has 2 fully saturated rings. The molecule has 1 saturated carbocycles. The largest absolute Gasteiger partial charge is 0.353 e. The quantitative estimate of drug-likeness (QED) is 0.908. The summed E-state index contributed by atoms with van der Waals surface area (Å²) < 4.78 is 0. The molecule has 132 valence electrons. The highest BCUT2D eigenvalue weighted by molar-refractivity contribution is 5.78. The number of amides is 1. The molecule has 1 N–H and O–H groups in total. The number of carbonyl (C=O) groups excluding carboxylic acids is 1. The number of hydrogen-bond acceptors (Lipinski definition) is 5. The third-order valence-electron chi connectivity index (χ3n) is 5.11. The minimum absolute atomic E-state index is 0.179. The minimum atomic E-state index is 0.179. The lowest BCUT2D eigenvalue weighted by Gasteiger charge is -2.35. The van der Waals surface area contributed by atoms with Crippen LogP contribution in [0.1, 0.15) is 38.3 Å². The second kappa shape index (κ2) is 7.92.